The third-order valence-corrected chi connectivity index (χ3v) is 7.18. The lowest BCUT2D eigenvalue weighted by Gasteiger charge is -2.33. The molecule has 1 aromatic heterocycles. The maximum atomic E-state index is 14.2. The molecule has 1 aliphatic rings. The largest absolute Gasteiger partial charge is 0.493 e. The van der Waals surface area contributed by atoms with E-state index in [4.69, 9.17) is 18.6 Å². The normalized spacial score (nSPS) is 14.4. The lowest BCUT2D eigenvalue weighted by molar-refractivity contribution is -0.123. The van der Waals surface area contributed by atoms with Crippen molar-refractivity contribution in [3.63, 3.8) is 0 Å². The second kappa shape index (κ2) is 12.1. The Morgan fingerprint density at radius 2 is 1.61 bits per heavy atom. The Morgan fingerprint density at radius 1 is 0.921 bits per heavy atom. The number of benzene rings is 2. The van der Waals surface area contributed by atoms with Gasteiger partial charge in [-0.2, -0.15) is 0 Å². The highest BCUT2D eigenvalue weighted by Gasteiger charge is 2.37. The third kappa shape index (κ3) is 5.64. The zero-order chi connectivity index (χ0) is 27.2. The number of methoxy groups -OCH3 is 3. The Hall–Kier alpha value is -3.94. The minimum atomic E-state index is -1.04. The van der Waals surface area contributed by atoms with Crippen LogP contribution in [0.3, 0.4) is 0 Å². The van der Waals surface area contributed by atoms with E-state index >= 15 is 0 Å². The number of anilines is 1. The first-order chi connectivity index (χ1) is 18.4. The summed E-state index contributed by atoms with van der Waals surface area (Å²) in [5.41, 5.74) is 3.17. The highest BCUT2D eigenvalue weighted by atomic mass is 16.5. The molecular weight excluding hydrogens is 484 g/mol. The van der Waals surface area contributed by atoms with Gasteiger partial charge >= 0.3 is 0 Å². The molecule has 3 aromatic rings. The number of rotatable bonds is 9. The Kier molecular flexibility index (Phi) is 8.61. The van der Waals surface area contributed by atoms with Crippen molar-refractivity contribution in [2.45, 2.75) is 58.0 Å². The summed E-state index contributed by atoms with van der Waals surface area (Å²) in [6.45, 7) is 3.98. The van der Waals surface area contributed by atoms with Crippen LogP contribution in [-0.2, 0) is 4.79 Å². The molecule has 1 unspecified atom stereocenters. The number of aryl methyl sites for hydroxylation is 2. The Morgan fingerprint density at radius 3 is 2.16 bits per heavy atom. The van der Waals surface area contributed by atoms with Crippen molar-refractivity contribution in [2.75, 3.05) is 26.2 Å². The fourth-order valence-corrected chi connectivity index (χ4v) is 4.98. The van der Waals surface area contributed by atoms with Gasteiger partial charge in [0.25, 0.3) is 5.91 Å². The van der Waals surface area contributed by atoms with Crippen LogP contribution in [0.5, 0.6) is 17.2 Å². The summed E-state index contributed by atoms with van der Waals surface area (Å²) in [5, 5.41) is 3.22. The molecule has 0 bridgehead atoms. The highest BCUT2D eigenvalue weighted by molar-refractivity contribution is 6.08. The summed E-state index contributed by atoms with van der Waals surface area (Å²) in [6, 6.07) is 11.4. The number of amides is 2. The number of hydrogen-bond acceptors (Lipinski definition) is 6. The van der Waals surface area contributed by atoms with Gasteiger partial charge < -0.3 is 23.9 Å². The van der Waals surface area contributed by atoms with Crippen LogP contribution in [-0.4, -0.2) is 39.2 Å². The third-order valence-electron chi connectivity index (χ3n) is 7.18. The number of ether oxygens (including phenoxy) is 3. The summed E-state index contributed by atoms with van der Waals surface area (Å²) in [4.78, 5) is 29.7. The van der Waals surface area contributed by atoms with Crippen molar-refractivity contribution >= 4 is 17.5 Å². The predicted molar refractivity (Wildman–Crippen MR) is 145 cm³/mol. The summed E-state index contributed by atoms with van der Waals surface area (Å²) < 4.78 is 22.2. The Balaban J connectivity index is 1.91. The molecule has 0 aliphatic heterocycles. The van der Waals surface area contributed by atoms with Crippen LogP contribution in [0, 0.1) is 13.8 Å². The van der Waals surface area contributed by atoms with Gasteiger partial charge in [0, 0.05) is 11.7 Å². The first kappa shape index (κ1) is 27.1. The van der Waals surface area contributed by atoms with E-state index in [1.807, 2.05) is 32.0 Å². The molecule has 2 aromatic carbocycles. The molecule has 1 saturated carbocycles. The van der Waals surface area contributed by atoms with Gasteiger partial charge in [-0.1, -0.05) is 25.3 Å². The molecule has 8 heteroatoms. The lowest BCUT2D eigenvalue weighted by atomic mass is 9.94. The maximum Gasteiger partial charge on any atom is 0.294 e. The van der Waals surface area contributed by atoms with Gasteiger partial charge in [-0.15, -0.1) is 0 Å². The second-order valence-electron chi connectivity index (χ2n) is 9.63. The predicted octanol–water partition coefficient (Wildman–Crippen LogP) is 5.76. The topological polar surface area (TPSA) is 90.2 Å². The molecule has 0 saturated heterocycles. The van der Waals surface area contributed by atoms with Crippen molar-refractivity contribution in [3.8, 4) is 17.2 Å². The summed E-state index contributed by atoms with van der Waals surface area (Å²) in [7, 11) is 4.57. The standard InChI is InChI=1S/C30H36N2O6/c1-19-13-14-23(16-20(19)2)32(30(34)24-12-9-15-38-24)27(29(33)31-22-10-7-6-8-11-22)21-17-25(35-3)28(37-5)26(18-21)36-4/h9,12-18,22,27H,6-8,10-11H2,1-5H3,(H,31,33). The molecule has 1 N–H and O–H groups in total. The van der Waals surface area contributed by atoms with E-state index in [1.165, 1.54) is 32.5 Å². The number of carbonyl (C=O) groups is 2. The van der Waals surface area contributed by atoms with E-state index in [2.05, 4.69) is 5.32 Å². The highest BCUT2D eigenvalue weighted by Crippen LogP contribution is 2.42. The number of hydrogen-bond donors (Lipinski definition) is 1. The molecule has 8 nitrogen and oxygen atoms in total. The fourth-order valence-electron chi connectivity index (χ4n) is 4.98. The zero-order valence-electron chi connectivity index (χ0n) is 22.7. The van der Waals surface area contributed by atoms with Crippen LogP contribution in [0.2, 0.25) is 0 Å². The Labute approximate surface area is 223 Å². The minimum absolute atomic E-state index is 0.0427. The molecule has 38 heavy (non-hydrogen) atoms. The second-order valence-corrected chi connectivity index (χ2v) is 9.63. The number of nitrogens with zero attached hydrogens (tertiary/aromatic N) is 1. The van der Waals surface area contributed by atoms with Gasteiger partial charge in [0.15, 0.2) is 17.3 Å². The fraction of sp³-hybridized carbons (Fsp3) is 0.400. The molecule has 1 fully saturated rings. The first-order valence-corrected chi connectivity index (χ1v) is 12.9. The van der Waals surface area contributed by atoms with Crippen molar-refractivity contribution in [1.82, 2.24) is 5.32 Å². The van der Waals surface area contributed by atoms with E-state index in [0.29, 0.717) is 28.5 Å². The molecule has 2 amide bonds. The average Bonchev–Trinajstić information content (AvgIpc) is 3.48. The van der Waals surface area contributed by atoms with Crippen LogP contribution in [0.1, 0.15) is 65.4 Å². The van der Waals surface area contributed by atoms with E-state index in [1.54, 1.807) is 24.3 Å². The number of nitrogens with one attached hydrogen (secondary N) is 1. The molecule has 202 valence electrons. The quantitative estimate of drug-likeness (QED) is 0.386. The maximum absolute atomic E-state index is 14.2. The molecule has 1 heterocycles. The average molecular weight is 521 g/mol. The minimum Gasteiger partial charge on any atom is -0.493 e. The van der Waals surface area contributed by atoms with Crippen LogP contribution in [0.4, 0.5) is 5.69 Å². The van der Waals surface area contributed by atoms with Crippen molar-refractivity contribution < 1.29 is 28.2 Å². The lowest BCUT2D eigenvalue weighted by Crippen LogP contribution is -2.47. The van der Waals surface area contributed by atoms with E-state index in [0.717, 1.165) is 43.2 Å². The SMILES string of the molecule is COc1cc(C(C(=O)NC2CCCCC2)N(C(=O)c2ccco2)c2ccc(C)c(C)c2)cc(OC)c1OC. The van der Waals surface area contributed by atoms with Gasteiger partial charge in [-0.25, -0.2) is 0 Å². The Bertz CT molecular complexity index is 1240. The van der Waals surface area contributed by atoms with Crippen LogP contribution in [0.25, 0.3) is 0 Å². The van der Waals surface area contributed by atoms with Crippen LogP contribution < -0.4 is 24.4 Å². The molecule has 4 rings (SSSR count). The van der Waals surface area contributed by atoms with Crippen molar-refractivity contribution in [1.29, 1.82) is 0 Å². The molecule has 0 radical (unpaired) electrons. The van der Waals surface area contributed by atoms with Crippen LogP contribution >= 0.6 is 0 Å². The molecular formula is C30H36N2O6. The molecule has 0 spiro atoms. The summed E-state index contributed by atoms with van der Waals surface area (Å²) in [6.07, 6.45) is 6.54. The monoisotopic (exact) mass is 520 g/mol. The van der Waals surface area contributed by atoms with E-state index in [-0.39, 0.29) is 17.7 Å². The number of furan rings is 1. The molecule has 1 aliphatic carbocycles. The summed E-state index contributed by atoms with van der Waals surface area (Å²) >= 11 is 0. The van der Waals surface area contributed by atoms with E-state index < -0.39 is 11.9 Å². The smallest absolute Gasteiger partial charge is 0.294 e. The van der Waals surface area contributed by atoms with Gasteiger partial charge in [-0.3, -0.25) is 14.5 Å². The van der Waals surface area contributed by atoms with Crippen LogP contribution in [0.15, 0.2) is 53.1 Å². The van der Waals surface area contributed by atoms with Crippen molar-refractivity contribution in [3.05, 3.63) is 71.2 Å². The number of carbonyl (C=O) groups excluding carboxylic acids is 2. The molecule has 1 atom stereocenters. The van der Waals surface area contributed by atoms with Gasteiger partial charge in [0.2, 0.25) is 11.7 Å². The van der Waals surface area contributed by atoms with Gasteiger partial charge in [0.05, 0.1) is 27.6 Å². The zero-order valence-corrected chi connectivity index (χ0v) is 22.7. The first-order valence-electron chi connectivity index (χ1n) is 12.9. The van der Waals surface area contributed by atoms with E-state index in [9.17, 15) is 9.59 Å². The summed E-state index contributed by atoms with van der Waals surface area (Å²) in [5.74, 6) is 0.595. The van der Waals surface area contributed by atoms with Crippen molar-refractivity contribution in [2.24, 2.45) is 0 Å². The van der Waals surface area contributed by atoms with Gasteiger partial charge in [-0.05, 0) is 79.8 Å². The van der Waals surface area contributed by atoms with Gasteiger partial charge in [0.1, 0.15) is 6.04 Å².